The highest BCUT2D eigenvalue weighted by Gasteiger charge is 2.39. The average molecular weight is 460 g/mol. The minimum absolute atomic E-state index is 0.0418. The number of alkyl halides is 3. The molecule has 2 aromatic rings. The standard InChI is InChI=1S/C19H23F3N4O4S/c1-9-6-11(9)26-14(27)13-10(2)12(7-23-24-16(28)30-18(3,4)5)31-15(13)25(17(26)29)8-19(20,21)22/h7,9,11H,6,8H2,1-5H3,(H,24,28)/t9-,11-/m0/s1. The molecule has 1 saturated carbocycles. The summed E-state index contributed by atoms with van der Waals surface area (Å²) in [7, 11) is 0. The van der Waals surface area contributed by atoms with E-state index in [1.165, 1.54) is 6.21 Å². The van der Waals surface area contributed by atoms with Crippen molar-refractivity contribution < 1.29 is 22.7 Å². The van der Waals surface area contributed by atoms with Gasteiger partial charge >= 0.3 is 18.0 Å². The van der Waals surface area contributed by atoms with Crippen LogP contribution in [0.3, 0.4) is 0 Å². The summed E-state index contributed by atoms with van der Waals surface area (Å²) in [5.41, 5.74) is 0.242. The molecule has 12 heteroatoms. The number of rotatable bonds is 4. The molecule has 1 amide bonds. The normalized spacial score (nSPS) is 19.2. The van der Waals surface area contributed by atoms with E-state index in [9.17, 15) is 27.6 Å². The molecule has 3 rings (SSSR count). The highest BCUT2D eigenvalue weighted by atomic mass is 32.1. The van der Waals surface area contributed by atoms with Crippen molar-refractivity contribution in [2.75, 3.05) is 0 Å². The van der Waals surface area contributed by atoms with Crippen LogP contribution in [0.4, 0.5) is 18.0 Å². The van der Waals surface area contributed by atoms with Crippen molar-refractivity contribution in [3.63, 3.8) is 0 Å². The van der Waals surface area contributed by atoms with E-state index in [1.54, 1.807) is 27.7 Å². The lowest BCUT2D eigenvalue weighted by Gasteiger charge is -2.18. The van der Waals surface area contributed by atoms with Crippen LogP contribution in [0.5, 0.6) is 0 Å². The topological polar surface area (TPSA) is 94.7 Å². The summed E-state index contributed by atoms with van der Waals surface area (Å²) >= 11 is 0.834. The van der Waals surface area contributed by atoms with Crippen LogP contribution in [0.15, 0.2) is 14.7 Å². The predicted molar refractivity (Wildman–Crippen MR) is 111 cm³/mol. The number of amides is 1. The molecule has 2 heterocycles. The van der Waals surface area contributed by atoms with Crippen molar-refractivity contribution in [3.8, 4) is 0 Å². The maximum Gasteiger partial charge on any atom is 0.428 e. The van der Waals surface area contributed by atoms with Crippen LogP contribution in [0, 0.1) is 12.8 Å². The fraction of sp³-hybridized carbons (Fsp3) is 0.579. The molecule has 31 heavy (non-hydrogen) atoms. The first kappa shape index (κ1) is 23.0. The molecule has 0 unspecified atom stereocenters. The quantitative estimate of drug-likeness (QED) is 0.558. The van der Waals surface area contributed by atoms with Crippen LogP contribution in [-0.2, 0) is 11.3 Å². The van der Waals surface area contributed by atoms with Gasteiger partial charge in [0.1, 0.15) is 17.0 Å². The molecule has 0 spiro atoms. The molecule has 1 aliphatic rings. The van der Waals surface area contributed by atoms with Crippen molar-refractivity contribution in [3.05, 3.63) is 31.3 Å². The summed E-state index contributed by atoms with van der Waals surface area (Å²) in [4.78, 5) is 37.8. The van der Waals surface area contributed by atoms with E-state index in [-0.39, 0.29) is 16.1 Å². The number of carbonyl (C=O) groups excluding carboxylic acids is 1. The van der Waals surface area contributed by atoms with Crippen LogP contribution in [-0.4, -0.2) is 33.2 Å². The Kier molecular flexibility index (Phi) is 5.80. The largest absolute Gasteiger partial charge is 0.443 e. The second kappa shape index (κ2) is 7.81. The van der Waals surface area contributed by atoms with Crippen LogP contribution in [0.25, 0.3) is 10.2 Å². The number of carbonyl (C=O) groups is 1. The first-order valence-corrected chi connectivity index (χ1v) is 10.4. The zero-order valence-electron chi connectivity index (χ0n) is 17.7. The molecule has 0 bridgehead atoms. The van der Waals surface area contributed by atoms with Gasteiger partial charge < -0.3 is 4.74 Å². The van der Waals surface area contributed by atoms with Gasteiger partial charge in [-0.15, -0.1) is 11.3 Å². The number of halogens is 3. The van der Waals surface area contributed by atoms with E-state index in [4.69, 9.17) is 4.74 Å². The highest BCUT2D eigenvalue weighted by molar-refractivity contribution is 7.20. The fourth-order valence-corrected chi connectivity index (χ4v) is 4.39. The minimum atomic E-state index is -4.64. The van der Waals surface area contributed by atoms with Gasteiger partial charge in [0.25, 0.3) is 5.56 Å². The number of aromatic nitrogens is 2. The fourth-order valence-electron chi connectivity index (χ4n) is 3.22. The lowest BCUT2D eigenvalue weighted by molar-refractivity contribution is -0.140. The Balaban J connectivity index is 2.07. The summed E-state index contributed by atoms with van der Waals surface area (Å²) in [6.45, 7) is 6.93. The maximum atomic E-state index is 13.2. The predicted octanol–water partition coefficient (Wildman–Crippen LogP) is 3.53. The molecule has 2 atom stereocenters. The molecule has 8 nitrogen and oxygen atoms in total. The van der Waals surface area contributed by atoms with Crippen LogP contribution in [0.1, 0.15) is 50.6 Å². The first-order valence-electron chi connectivity index (χ1n) is 9.57. The van der Waals surface area contributed by atoms with Gasteiger partial charge in [0, 0.05) is 6.04 Å². The SMILES string of the molecule is Cc1c(C=NNC(=O)OC(C)(C)C)sc2c1c(=O)n([C@H]1C[C@@H]1C)c(=O)n2CC(F)(F)F. The molecule has 1 fully saturated rings. The number of hydrogen-bond acceptors (Lipinski definition) is 6. The van der Waals surface area contributed by atoms with E-state index in [0.717, 1.165) is 15.9 Å². The van der Waals surface area contributed by atoms with Gasteiger partial charge in [-0.05, 0) is 45.6 Å². The molecule has 0 aromatic carbocycles. The third-order valence-electron chi connectivity index (χ3n) is 4.75. The Labute approximate surface area is 179 Å². The number of nitrogens with one attached hydrogen (secondary N) is 1. The van der Waals surface area contributed by atoms with Gasteiger partial charge in [0.2, 0.25) is 0 Å². The molecular formula is C19H23F3N4O4S. The Bertz CT molecular complexity index is 1170. The van der Waals surface area contributed by atoms with Crippen LogP contribution < -0.4 is 16.7 Å². The smallest absolute Gasteiger partial charge is 0.428 e. The Morgan fingerprint density at radius 2 is 1.94 bits per heavy atom. The zero-order valence-corrected chi connectivity index (χ0v) is 18.5. The number of hydrogen-bond donors (Lipinski definition) is 1. The zero-order chi connectivity index (χ0) is 23.3. The third-order valence-corrected chi connectivity index (χ3v) is 6.00. The highest BCUT2D eigenvalue weighted by Crippen LogP contribution is 2.41. The molecule has 0 radical (unpaired) electrons. The monoisotopic (exact) mass is 460 g/mol. The number of aryl methyl sites for hydroxylation is 1. The van der Waals surface area contributed by atoms with Crippen LogP contribution >= 0.6 is 11.3 Å². The summed E-state index contributed by atoms with van der Waals surface area (Å²) in [5.74, 6) is 0.0418. The van der Waals surface area contributed by atoms with Crippen molar-refractivity contribution in [2.24, 2.45) is 11.0 Å². The van der Waals surface area contributed by atoms with E-state index in [1.807, 2.05) is 6.92 Å². The minimum Gasteiger partial charge on any atom is -0.443 e. The van der Waals surface area contributed by atoms with E-state index in [0.29, 0.717) is 21.4 Å². The van der Waals surface area contributed by atoms with Gasteiger partial charge in [0.15, 0.2) is 0 Å². The second-order valence-corrected chi connectivity index (χ2v) is 9.61. The maximum absolute atomic E-state index is 13.2. The Morgan fingerprint density at radius 3 is 2.45 bits per heavy atom. The molecule has 0 aliphatic heterocycles. The third kappa shape index (κ3) is 5.00. The van der Waals surface area contributed by atoms with E-state index in [2.05, 4.69) is 10.5 Å². The summed E-state index contributed by atoms with van der Waals surface area (Å²) < 4.78 is 46.1. The lowest BCUT2D eigenvalue weighted by Crippen LogP contribution is -2.41. The average Bonchev–Trinajstić information content (AvgIpc) is 3.20. The van der Waals surface area contributed by atoms with Gasteiger partial charge in [-0.2, -0.15) is 18.3 Å². The molecule has 1 N–H and O–H groups in total. The molecule has 170 valence electrons. The van der Waals surface area contributed by atoms with Crippen LogP contribution in [0.2, 0.25) is 0 Å². The number of ether oxygens (including phenoxy) is 1. The van der Waals surface area contributed by atoms with Gasteiger partial charge in [-0.3, -0.25) is 13.9 Å². The number of thiophene rings is 1. The van der Waals surface area contributed by atoms with Crippen molar-refractivity contribution in [2.45, 2.75) is 65.4 Å². The van der Waals surface area contributed by atoms with E-state index < -0.39 is 41.7 Å². The van der Waals surface area contributed by atoms with Gasteiger partial charge in [-0.1, -0.05) is 6.92 Å². The molecule has 0 saturated heterocycles. The number of hydrazone groups is 1. The molecule has 2 aromatic heterocycles. The number of nitrogens with zero attached hydrogens (tertiary/aromatic N) is 3. The Hall–Kier alpha value is -2.63. The lowest BCUT2D eigenvalue weighted by atomic mass is 10.2. The van der Waals surface area contributed by atoms with Crippen molar-refractivity contribution in [1.82, 2.24) is 14.6 Å². The first-order chi connectivity index (χ1) is 14.2. The van der Waals surface area contributed by atoms with E-state index >= 15 is 0 Å². The molecular weight excluding hydrogens is 437 g/mol. The van der Waals surface area contributed by atoms with Gasteiger partial charge in [-0.25, -0.2) is 15.0 Å². The van der Waals surface area contributed by atoms with Crippen molar-refractivity contribution >= 4 is 33.9 Å². The van der Waals surface area contributed by atoms with Crippen molar-refractivity contribution in [1.29, 1.82) is 0 Å². The number of fused-ring (bicyclic) bond motifs is 1. The summed E-state index contributed by atoms with van der Waals surface area (Å²) in [6.07, 6.45) is -3.67. The molecule has 1 aliphatic carbocycles. The summed E-state index contributed by atoms with van der Waals surface area (Å²) in [6, 6.07) is -0.408. The van der Waals surface area contributed by atoms with Gasteiger partial charge in [0.05, 0.1) is 16.5 Å². The summed E-state index contributed by atoms with van der Waals surface area (Å²) in [5, 5.41) is 3.81. The Morgan fingerprint density at radius 1 is 1.32 bits per heavy atom. The second-order valence-electron chi connectivity index (χ2n) is 8.58.